The average Bonchev–Trinajstić information content (AvgIpc) is 3.25. The minimum Gasteiger partial charge on any atom is -0.497 e. The fraction of sp³-hybridized carbons (Fsp3) is 0.250. The first-order valence-corrected chi connectivity index (χ1v) is 10.4. The molecule has 158 valence electrons. The number of fused-ring (bicyclic) bond motifs is 1. The number of methoxy groups -OCH3 is 1. The van der Waals surface area contributed by atoms with E-state index in [4.69, 9.17) is 15.5 Å². The van der Waals surface area contributed by atoms with Crippen LogP contribution in [0, 0.1) is 0 Å². The normalized spacial score (nSPS) is 14.8. The van der Waals surface area contributed by atoms with Gasteiger partial charge < -0.3 is 20.3 Å². The fourth-order valence-electron chi connectivity index (χ4n) is 4.10. The SMILES string of the molecule is COc1cccc(-c2cnc3c(-c4cccc(N5CCN(C)CC5)c4)cnn3c2N)c1. The first-order valence-electron chi connectivity index (χ1n) is 10.4. The molecular formula is C24H26N6O. The van der Waals surface area contributed by atoms with Crippen LogP contribution in [0.4, 0.5) is 11.5 Å². The van der Waals surface area contributed by atoms with Gasteiger partial charge in [-0.25, -0.2) is 4.98 Å². The molecule has 1 saturated heterocycles. The van der Waals surface area contributed by atoms with E-state index in [1.807, 2.05) is 36.7 Å². The van der Waals surface area contributed by atoms with E-state index in [0.717, 1.165) is 59.8 Å². The van der Waals surface area contributed by atoms with Crippen molar-refractivity contribution in [1.29, 1.82) is 0 Å². The quantitative estimate of drug-likeness (QED) is 0.552. The molecule has 1 aliphatic heterocycles. The maximum atomic E-state index is 6.50. The molecule has 7 nitrogen and oxygen atoms in total. The lowest BCUT2D eigenvalue weighted by atomic mass is 10.1. The third-order valence-electron chi connectivity index (χ3n) is 5.97. The van der Waals surface area contributed by atoms with Crippen LogP contribution in [0.5, 0.6) is 5.75 Å². The Labute approximate surface area is 181 Å². The van der Waals surface area contributed by atoms with Gasteiger partial charge in [-0.15, -0.1) is 0 Å². The van der Waals surface area contributed by atoms with Crippen LogP contribution in [-0.2, 0) is 0 Å². The van der Waals surface area contributed by atoms with Crippen molar-refractivity contribution in [2.45, 2.75) is 0 Å². The van der Waals surface area contributed by atoms with Crippen LogP contribution in [0.25, 0.3) is 27.9 Å². The molecule has 0 amide bonds. The Kier molecular flexibility index (Phi) is 4.95. The maximum absolute atomic E-state index is 6.50. The van der Waals surface area contributed by atoms with E-state index < -0.39 is 0 Å². The lowest BCUT2D eigenvalue weighted by molar-refractivity contribution is 0.313. The lowest BCUT2D eigenvalue weighted by Gasteiger charge is -2.34. The number of piperazine rings is 1. The zero-order valence-electron chi connectivity index (χ0n) is 17.8. The second-order valence-corrected chi connectivity index (χ2v) is 7.92. The summed E-state index contributed by atoms with van der Waals surface area (Å²) >= 11 is 0. The third-order valence-corrected chi connectivity index (χ3v) is 5.97. The molecule has 3 heterocycles. The molecule has 0 saturated carbocycles. The van der Waals surface area contributed by atoms with Crippen LogP contribution in [0.2, 0.25) is 0 Å². The molecule has 0 radical (unpaired) electrons. The van der Waals surface area contributed by atoms with Gasteiger partial charge in [-0.1, -0.05) is 24.3 Å². The summed E-state index contributed by atoms with van der Waals surface area (Å²) in [6.07, 6.45) is 3.66. The largest absolute Gasteiger partial charge is 0.497 e. The van der Waals surface area contributed by atoms with Crippen molar-refractivity contribution in [2.75, 3.05) is 51.0 Å². The van der Waals surface area contributed by atoms with Gasteiger partial charge in [0.05, 0.1) is 13.3 Å². The summed E-state index contributed by atoms with van der Waals surface area (Å²) in [5.41, 5.74) is 12.3. The molecule has 1 fully saturated rings. The van der Waals surface area contributed by atoms with Crippen molar-refractivity contribution in [1.82, 2.24) is 19.5 Å². The molecule has 0 unspecified atom stereocenters. The lowest BCUT2D eigenvalue weighted by Crippen LogP contribution is -2.44. The highest BCUT2D eigenvalue weighted by Gasteiger charge is 2.17. The van der Waals surface area contributed by atoms with Gasteiger partial charge in [0.1, 0.15) is 11.6 Å². The van der Waals surface area contributed by atoms with Gasteiger partial charge in [-0.3, -0.25) is 0 Å². The molecule has 5 rings (SSSR count). The van der Waals surface area contributed by atoms with Crippen LogP contribution < -0.4 is 15.4 Å². The van der Waals surface area contributed by atoms with E-state index in [1.165, 1.54) is 5.69 Å². The highest BCUT2D eigenvalue weighted by Crippen LogP contribution is 2.32. The van der Waals surface area contributed by atoms with Crippen LogP contribution in [0.1, 0.15) is 0 Å². The number of anilines is 2. The van der Waals surface area contributed by atoms with Crippen LogP contribution >= 0.6 is 0 Å². The van der Waals surface area contributed by atoms with Crippen LogP contribution in [0.3, 0.4) is 0 Å². The van der Waals surface area contributed by atoms with Crippen molar-refractivity contribution in [2.24, 2.45) is 0 Å². The van der Waals surface area contributed by atoms with E-state index in [-0.39, 0.29) is 0 Å². The van der Waals surface area contributed by atoms with Gasteiger partial charge in [0.25, 0.3) is 0 Å². The van der Waals surface area contributed by atoms with Crippen molar-refractivity contribution in [3.63, 3.8) is 0 Å². The van der Waals surface area contributed by atoms with Gasteiger partial charge in [0.15, 0.2) is 5.65 Å². The monoisotopic (exact) mass is 414 g/mol. The number of nitrogens with two attached hydrogens (primary N) is 1. The molecule has 1 aliphatic rings. The molecule has 2 N–H and O–H groups in total. The number of hydrogen-bond donors (Lipinski definition) is 1. The number of hydrogen-bond acceptors (Lipinski definition) is 6. The van der Waals surface area contributed by atoms with Crippen LogP contribution in [0.15, 0.2) is 60.9 Å². The van der Waals surface area contributed by atoms with Crippen LogP contribution in [-0.4, -0.2) is 59.8 Å². The molecule has 2 aromatic heterocycles. The number of benzene rings is 2. The first-order chi connectivity index (χ1) is 15.1. The Bertz CT molecular complexity index is 1230. The van der Waals surface area contributed by atoms with E-state index in [0.29, 0.717) is 5.82 Å². The van der Waals surface area contributed by atoms with Gasteiger partial charge in [0, 0.05) is 49.2 Å². The Morgan fingerprint density at radius 2 is 1.65 bits per heavy atom. The van der Waals surface area contributed by atoms with E-state index in [1.54, 1.807) is 11.6 Å². The molecule has 4 aromatic rings. The predicted molar refractivity (Wildman–Crippen MR) is 125 cm³/mol. The Morgan fingerprint density at radius 3 is 2.42 bits per heavy atom. The Balaban J connectivity index is 1.52. The average molecular weight is 415 g/mol. The fourth-order valence-corrected chi connectivity index (χ4v) is 4.10. The molecule has 7 heteroatoms. The second-order valence-electron chi connectivity index (χ2n) is 7.92. The number of aromatic nitrogens is 3. The maximum Gasteiger partial charge on any atom is 0.165 e. The molecule has 2 aromatic carbocycles. The summed E-state index contributed by atoms with van der Waals surface area (Å²) in [7, 11) is 3.82. The summed E-state index contributed by atoms with van der Waals surface area (Å²) in [4.78, 5) is 9.51. The third kappa shape index (κ3) is 3.57. The van der Waals surface area contributed by atoms with E-state index >= 15 is 0 Å². The predicted octanol–water partition coefficient (Wildman–Crippen LogP) is 3.41. The summed E-state index contributed by atoms with van der Waals surface area (Å²) in [5, 5.41) is 4.55. The van der Waals surface area contributed by atoms with Gasteiger partial charge >= 0.3 is 0 Å². The molecule has 0 atom stereocenters. The van der Waals surface area contributed by atoms with E-state index in [2.05, 4.69) is 46.2 Å². The number of rotatable bonds is 4. The smallest absolute Gasteiger partial charge is 0.165 e. The minimum absolute atomic E-state index is 0.555. The first kappa shape index (κ1) is 19.4. The zero-order valence-corrected chi connectivity index (χ0v) is 17.8. The van der Waals surface area contributed by atoms with Crippen molar-refractivity contribution in [3.8, 4) is 28.0 Å². The van der Waals surface area contributed by atoms with Gasteiger partial charge in [0.2, 0.25) is 0 Å². The zero-order chi connectivity index (χ0) is 21.4. The summed E-state index contributed by atoms with van der Waals surface area (Å²) in [5.74, 6) is 1.33. The van der Waals surface area contributed by atoms with Crippen molar-refractivity contribution in [3.05, 3.63) is 60.9 Å². The Hall–Kier alpha value is -3.58. The molecule has 0 aliphatic carbocycles. The number of nitrogen functional groups attached to an aromatic ring is 1. The highest BCUT2D eigenvalue weighted by molar-refractivity contribution is 5.83. The summed E-state index contributed by atoms with van der Waals surface area (Å²) in [6.45, 7) is 4.21. The Morgan fingerprint density at radius 1 is 0.903 bits per heavy atom. The molecule has 0 spiro atoms. The number of likely N-dealkylation sites (N-methyl/N-ethyl adjacent to an activating group) is 1. The van der Waals surface area contributed by atoms with Crippen molar-refractivity contribution >= 4 is 17.2 Å². The second kappa shape index (κ2) is 7.92. The number of nitrogens with zero attached hydrogens (tertiary/aromatic N) is 5. The molecule has 0 bridgehead atoms. The minimum atomic E-state index is 0.555. The summed E-state index contributed by atoms with van der Waals surface area (Å²) in [6, 6.07) is 16.4. The standard InChI is InChI=1S/C24H26N6O/c1-28-9-11-29(12-10-28)19-7-3-5-17(13-19)22-16-27-30-23(25)21(15-26-24(22)30)18-6-4-8-20(14-18)31-2/h3-8,13-16H,9-12,25H2,1-2H3. The van der Waals surface area contributed by atoms with Gasteiger partial charge in [-0.2, -0.15) is 9.61 Å². The molecule has 31 heavy (non-hydrogen) atoms. The van der Waals surface area contributed by atoms with Gasteiger partial charge in [-0.05, 0) is 42.4 Å². The van der Waals surface area contributed by atoms with E-state index in [9.17, 15) is 0 Å². The topological polar surface area (TPSA) is 71.9 Å². The van der Waals surface area contributed by atoms with Crippen molar-refractivity contribution < 1.29 is 4.74 Å². The summed E-state index contributed by atoms with van der Waals surface area (Å²) < 4.78 is 7.06. The molecular weight excluding hydrogens is 388 g/mol. The number of ether oxygens (including phenoxy) is 1. The highest BCUT2D eigenvalue weighted by atomic mass is 16.5.